The van der Waals surface area contributed by atoms with Crippen molar-refractivity contribution in [3.8, 4) is 0 Å². The molecule has 2 nitrogen and oxygen atoms in total. The topological polar surface area (TPSA) is 12.5 Å². The highest BCUT2D eigenvalue weighted by molar-refractivity contribution is 5.46. The van der Waals surface area contributed by atoms with Gasteiger partial charge in [-0.3, -0.25) is 0 Å². The molecule has 114 valence electrons. The maximum Gasteiger partial charge on any atom is 0.453 e. The van der Waals surface area contributed by atoms with Crippen molar-refractivity contribution in [3.63, 3.8) is 0 Å². The highest BCUT2D eigenvalue weighted by atomic mass is 19.4. The van der Waals surface area contributed by atoms with E-state index in [0.29, 0.717) is 0 Å². The third kappa shape index (κ3) is 3.82. The van der Waals surface area contributed by atoms with Crippen LogP contribution in [0.2, 0.25) is 0 Å². The summed E-state index contributed by atoms with van der Waals surface area (Å²) in [4.78, 5) is 1.79. The Balaban J connectivity index is 2.91. The van der Waals surface area contributed by atoms with Gasteiger partial charge < -0.3 is 9.64 Å². The summed E-state index contributed by atoms with van der Waals surface area (Å²) in [5.41, 5.74) is 1.09. The van der Waals surface area contributed by atoms with Gasteiger partial charge in [-0.25, -0.2) is 0 Å². The molecule has 0 aliphatic heterocycles. The number of nitrogens with zero attached hydrogens (tertiary/aromatic N) is 1. The molecule has 0 aromatic heterocycles. The van der Waals surface area contributed by atoms with E-state index in [9.17, 15) is 22.0 Å². The van der Waals surface area contributed by atoms with Gasteiger partial charge in [0.2, 0.25) is 0 Å². The number of benzene rings is 1. The summed E-state index contributed by atoms with van der Waals surface area (Å²) < 4.78 is 67.5. The Morgan fingerprint density at radius 3 is 1.90 bits per heavy atom. The van der Waals surface area contributed by atoms with Gasteiger partial charge in [-0.1, -0.05) is 12.1 Å². The number of halogens is 5. The van der Waals surface area contributed by atoms with Gasteiger partial charge in [0.05, 0.1) is 12.5 Å². The van der Waals surface area contributed by atoms with Crippen LogP contribution in [0.15, 0.2) is 24.3 Å². The fourth-order valence-corrected chi connectivity index (χ4v) is 1.67. The van der Waals surface area contributed by atoms with E-state index in [1.165, 1.54) is 12.1 Å². The predicted octanol–water partition coefficient (Wildman–Crippen LogP) is 4.03. The standard InChI is InChI=1S/C13H16F5NO/c1-19(2)10-6-4-9(5-7-10)11(20-3)8-12(14,15)13(16,17)18/h4-7,11H,8H2,1-3H3. The normalized spacial score (nSPS) is 14.2. The molecule has 0 heterocycles. The molecule has 0 amide bonds. The molecule has 1 atom stereocenters. The fourth-order valence-electron chi connectivity index (χ4n) is 1.67. The smallest absolute Gasteiger partial charge is 0.378 e. The van der Waals surface area contributed by atoms with E-state index >= 15 is 0 Å². The van der Waals surface area contributed by atoms with Crippen molar-refractivity contribution < 1.29 is 26.7 Å². The molecule has 20 heavy (non-hydrogen) atoms. The summed E-state index contributed by atoms with van der Waals surface area (Å²) in [6, 6.07) is 6.23. The summed E-state index contributed by atoms with van der Waals surface area (Å²) in [7, 11) is 4.69. The van der Waals surface area contributed by atoms with Crippen molar-refractivity contribution in [1.82, 2.24) is 0 Å². The van der Waals surface area contributed by atoms with Crippen LogP contribution >= 0.6 is 0 Å². The first-order valence-corrected chi connectivity index (χ1v) is 5.83. The Labute approximate surface area is 114 Å². The molecule has 0 aliphatic rings. The molecule has 7 heteroatoms. The van der Waals surface area contributed by atoms with E-state index in [-0.39, 0.29) is 5.56 Å². The second kappa shape index (κ2) is 5.95. The first kappa shape index (κ1) is 16.7. The summed E-state index contributed by atoms with van der Waals surface area (Å²) in [5.74, 6) is -4.78. The molecule has 0 fully saturated rings. The molecular weight excluding hydrogens is 281 g/mol. The molecule has 0 saturated carbocycles. The summed E-state index contributed by atoms with van der Waals surface area (Å²) in [6.45, 7) is 0. The van der Waals surface area contributed by atoms with Crippen molar-refractivity contribution in [2.45, 2.75) is 24.6 Å². The second-order valence-corrected chi connectivity index (χ2v) is 4.62. The van der Waals surface area contributed by atoms with Crippen molar-refractivity contribution in [1.29, 1.82) is 0 Å². The summed E-state index contributed by atoms with van der Waals surface area (Å²) in [6.07, 6.45) is -8.33. The Morgan fingerprint density at radius 1 is 1.05 bits per heavy atom. The SMILES string of the molecule is COC(CC(F)(F)C(F)(F)F)c1ccc(N(C)C)cc1. The molecule has 0 saturated heterocycles. The zero-order valence-corrected chi connectivity index (χ0v) is 11.3. The summed E-state index contributed by atoms with van der Waals surface area (Å²) >= 11 is 0. The quantitative estimate of drug-likeness (QED) is 0.761. The molecule has 0 radical (unpaired) electrons. The monoisotopic (exact) mass is 297 g/mol. The minimum atomic E-state index is -5.58. The Hall–Kier alpha value is -1.37. The van der Waals surface area contributed by atoms with Crippen LogP contribution in [0, 0.1) is 0 Å². The second-order valence-electron chi connectivity index (χ2n) is 4.62. The molecule has 1 rings (SSSR count). The van der Waals surface area contributed by atoms with Gasteiger partial charge in [0.25, 0.3) is 0 Å². The first-order chi connectivity index (χ1) is 9.08. The molecular formula is C13H16F5NO. The average Bonchev–Trinajstić information content (AvgIpc) is 2.34. The van der Waals surface area contributed by atoms with Gasteiger partial charge in [0.1, 0.15) is 0 Å². The van der Waals surface area contributed by atoms with E-state index in [1.54, 1.807) is 31.1 Å². The number of methoxy groups -OCH3 is 1. The predicted molar refractivity (Wildman–Crippen MR) is 66.1 cm³/mol. The molecule has 0 N–H and O–H groups in total. The minimum Gasteiger partial charge on any atom is -0.378 e. The van der Waals surface area contributed by atoms with E-state index < -0.39 is 24.6 Å². The van der Waals surface area contributed by atoms with Crippen LogP contribution < -0.4 is 4.90 Å². The maximum atomic E-state index is 13.0. The Morgan fingerprint density at radius 2 is 1.55 bits per heavy atom. The van der Waals surface area contributed by atoms with Crippen molar-refractivity contribution in [2.75, 3.05) is 26.1 Å². The number of hydrogen-bond donors (Lipinski definition) is 0. The van der Waals surface area contributed by atoms with Crippen LogP contribution in [0.4, 0.5) is 27.6 Å². The number of anilines is 1. The third-order valence-corrected chi connectivity index (χ3v) is 2.92. The third-order valence-electron chi connectivity index (χ3n) is 2.92. The Kier molecular flexibility index (Phi) is 4.96. The van der Waals surface area contributed by atoms with Gasteiger partial charge in [0, 0.05) is 26.9 Å². The fraction of sp³-hybridized carbons (Fsp3) is 0.538. The van der Waals surface area contributed by atoms with Crippen LogP contribution in [0.5, 0.6) is 0 Å². The molecule has 1 aromatic rings. The van der Waals surface area contributed by atoms with Crippen molar-refractivity contribution >= 4 is 5.69 Å². The molecule has 0 aliphatic carbocycles. The number of rotatable bonds is 5. The van der Waals surface area contributed by atoms with Gasteiger partial charge in [-0.15, -0.1) is 0 Å². The zero-order valence-electron chi connectivity index (χ0n) is 11.3. The molecule has 0 bridgehead atoms. The molecule has 0 spiro atoms. The van der Waals surface area contributed by atoms with Crippen LogP contribution in [0.1, 0.15) is 18.1 Å². The van der Waals surface area contributed by atoms with E-state index in [4.69, 9.17) is 4.74 Å². The van der Waals surface area contributed by atoms with Gasteiger partial charge in [-0.05, 0) is 17.7 Å². The lowest BCUT2D eigenvalue weighted by Gasteiger charge is -2.25. The number of ether oxygens (including phenoxy) is 1. The number of hydrogen-bond acceptors (Lipinski definition) is 2. The van der Waals surface area contributed by atoms with Crippen molar-refractivity contribution in [3.05, 3.63) is 29.8 Å². The lowest BCUT2D eigenvalue weighted by atomic mass is 10.0. The van der Waals surface area contributed by atoms with Gasteiger partial charge >= 0.3 is 12.1 Å². The van der Waals surface area contributed by atoms with E-state index in [1.807, 2.05) is 0 Å². The van der Waals surface area contributed by atoms with E-state index in [0.717, 1.165) is 12.8 Å². The Bertz CT molecular complexity index is 427. The number of alkyl halides is 5. The highest BCUT2D eigenvalue weighted by Gasteiger charge is 2.58. The van der Waals surface area contributed by atoms with Gasteiger partial charge in [0.15, 0.2) is 0 Å². The van der Waals surface area contributed by atoms with E-state index in [2.05, 4.69) is 0 Å². The van der Waals surface area contributed by atoms with Crippen molar-refractivity contribution in [2.24, 2.45) is 0 Å². The molecule has 1 unspecified atom stereocenters. The lowest BCUT2D eigenvalue weighted by Crippen LogP contribution is -2.38. The van der Waals surface area contributed by atoms with Crippen LogP contribution in [-0.2, 0) is 4.74 Å². The maximum absolute atomic E-state index is 13.0. The summed E-state index contributed by atoms with van der Waals surface area (Å²) in [5, 5.41) is 0. The van der Waals surface area contributed by atoms with Crippen LogP contribution in [-0.4, -0.2) is 33.3 Å². The molecule has 1 aromatic carbocycles. The van der Waals surface area contributed by atoms with Crippen LogP contribution in [0.25, 0.3) is 0 Å². The largest absolute Gasteiger partial charge is 0.453 e. The first-order valence-electron chi connectivity index (χ1n) is 5.83. The van der Waals surface area contributed by atoms with Gasteiger partial charge in [-0.2, -0.15) is 22.0 Å². The van der Waals surface area contributed by atoms with Crippen LogP contribution in [0.3, 0.4) is 0 Å². The highest BCUT2D eigenvalue weighted by Crippen LogP contribution is 2.42. The lowest BCUT2D eigenvalue weighted by molar-refractivity contribution is -0.291. The zero-order chi connectivity index (χ0) is 15.6. The average molecular weight is 297 g/mol. The minimum absolute atomic E-state index is 0.280.